The summed E-state index contributed by atoms with van der Waals surface area (Å²) in [5, 5.41) is 4.55. The molecule has 1 saturated heterocycles. The highest BCUT2D eigenvalue weighted by Gasteiger charge is 2.26. The van der Waals surface area contributed by atoms with Crippen LogP contribution in [0.4, 0.5) is 0 Å². The van der Waals surface area contributed by atoms with Crippen LogP contribution in [0.1, 0.15) is 18.7 Å². The Labute approximate surface area is 151 Å². The van der Waals surface area contributed by atoms with Gasteiger partial charge in [-0.25, -0.2) is 14.6 Å². The van der Waals surface area contributed by atoms with Crippen molar-refractivity contribution in [2.24, 2.45) is 0 Å². The van der Waals surface area contributed by atoms with Crippen molar-refractivity contribution in [1.29, 1.82) is 0 Å². The van der Waals surface area contributed by atoms with Gasteiger partial charge in [0.2, 0.25) is 0 Å². The molecule has 26 heavy (non-hydrogen) atoms. The quantitative estimate of drug-likeness (QED) is 0.699. The van der Waals surface area contributed by atoms with E-state index in [0.717, 1.165) is 36.5 Å². The van der Waals surface area contributed by atoms with Crippen molar-refractivity contribution in [3.05, 3.63) is 71.3 Å². The molecular formula is C19H20N6O. The molecular weight excluding hydrogens is 328 g/mol. The molecule has 1 unspecified atom stereocenters. The Balaban J connectivity index is 1.53. The first kappa shape index (κ1) is 16.5. The number of hydrogen-bond donors (Lipinski definition) is 0. The molecule has 0 aliphatic carbocycles. The highest BCUT2D eigenvalue weighted by molar-refractivity contribution is 5.56. The van der Waals surface area contributed by atoms with Gasteiger partial charge in [0.15, 0.2) is 0 Å². The second-order valence-electron chi connectivity index (χ2n) is 6.41. The van der Waals surface area contributed by atoms with Gasteiger partial charge in [0.05, 0.1) is 18.8 Å². The predicted octanol–water partition coefficient (Wildman–Crippen LogP) is 1.76. The molecule has 0 radical (unpaired) electrons. The smallest absolute Gasteiger partial charge is 0.266 e. The molecule has 7 nitrogen and oxygen atoms in total. The van der Waals surface area contributed by atoms with Crippen LogP contribution in [0.15, 0.2) is 59.9 Å². The van der Waals surface area contributed by atoms with Crippen molar-refractivity contribution in [1.82, 2.24) is 29.6 Å². The monoisotopic (exact) mass is 348 g/mol. The highest BCUT2D eigenvalue weighted by atomic mass is 16.1. The molecule has 0 N–H and O–H groups in total. The Bertz CT molecular complexity index is 912. The summed E-state index contributed by atoms with van der Waals surface area (Å²) in [5.41, 5.74) is 1.58. The summed E-state index contributed by atoms with van der Waals surface area (Å²) in [5.74, 6) is 0.809. The fourth-order valence-corrected chi connectivity index (χ4v) is 3.35. The molecule has 4 heterocycles. The first-order valence-corrected chi connectivity index (χ1v) is 8.78. The maximum Gasteiger partial charge on any atom is 0.266 e. The molecule has 0 spiro atoms. The van der Waals surface area contributed by atoms with E-state index in [2.05, 4.69) is 25.0 Å². The summed E-state index contributed by atoms with van der Waals surface area (Å²) in [6.07, 6.45) is 9.15. The Hall–Kier alpha value is -2.93. The van der Waals surface area contributed by atoms with E-state index >= 15 is 0 Å². The van der Waals surface area contributed by atoms with Crippen molar-refractivity contribution in [3.63, 3.8) is 0 Å². The van der Waals surface area contributed by atoms with E-state index in [4.69, 9.17) is 0 Å². The molecule has 1 aliphatic rings. The van der Waals surface area contributed by atoms with Gasteiger partial charge in [0.25, 0.3) is 5.56 Å². The van der Waals surface area contributed by atoms with Crippen LogP contribution in [-0.2, 0) is 13.1 Å². The lowest BCUT2D eigenvalue weighted by Gasteiger charge is -2.23. The molecule has 4 rings (SSSR count). The Morgan fingerprint density at radius 2 is 1.96 bits per heavy atom. The normalized spacial score (nSPS) is 17.5. The zero-order valence-corrected chi connectivity index (χ0v) is 14.4. The largest absolute Gasteiger partial charge is 0.291 e. The fraction of sp³-hybridized carbons (Fsp3) is 0.316. The zero-order valence-electron chi connectivity index (χ0n) is 14.4. The molecule has 3 aromatic heterocycles. The number of likely N-dealkylation sites (tertiary alicyclic amines) is 1. The van der Waals surface area contributed by atoms with Crippen molar-refractivity contribution >= 4 is 0 Å². The summed E-state index contributed by atoms with van der Waals surface area (Å²) in [4.78, 5) is 27.4. The summed E-state index contributed by atoms with van der Waals surface area (Å²) < 4.78 is 1.57. The summed E-state index contributed by atoms with van der Waals surface area (Å²) >= 11 is 0. The maximum absolute atomic E-state index is 12.3. The first-order valence-electron chi connectivity index (χ1n) is 8.78. The molecule has 0 aromatic carbocycles. The fourth-order valence-electron chi connectivity index (χ4n) is 3.35. The molecule has 0 amide bonds. The Morgan fingerprint density at radius 3 is 2.77 bits per heavy atom. The van der Waals surface area contributed by atoms with Crippen LogP contribution >= 0.6 is 0 Å². The molecule has 1 fully saturated rings. The van der Waals surface area contributed by atoms with Crippen molar-refractivity contribution < 1.29 is 0 Å². The third-order valence-electron chi connectivity index (χ3n) is 4.67. The topological polar surface area (TPSA) is 76.8 Å². The lowest BCUT2D eigenvalue weighted by molar-refractivity contribution is 0.212. The van der Waals surface area contributed by atoms with Crippen LogP contribution < -0.4 is 5.56 Å². The maximum atomic E-state index is 12.3. The third kappa shape index (κ3) is 3.67. The molecule has 132 valence electrons. The number of rotatable bonds is 5. The van der Waals surface area contributed by atoms with Crippen LogP contribution in [0.3, 0.4) is 0 Å². The minimum Gasteiger partial charge on any atom is -0.291 e. The van der Waals surface area contributed by atoms with Gasteiger partial charge in [0.1, 0.15) is 5.82 Å². The van der Waals surface area contributed by atoms with E-state index in [-0.39, 0.29) is 11.6 Å². The number of nitrogens with zero attached hydrogens (tertiary/aromatic N) is 6. The van der Waals surface area contributed by atoms with Gasteiger partial charge in [-0.15, -0.1) is 0 Å². The van der Waals surface area contributed by atoms with Gasteiger partial charge in [-0.1, -0.05) is 0 Å². The minimum absolute atomic E-state index is 0.0829. The van der Waals surface area contributed by atoms with E-state index in [9.17, 15) is 4.79 Å². The van der Waals surface area contributed by atoms with Gasteiger partial charge in [-0.2, -0.15) is 5.10 Å². The standard InChI is InChI=1S/C19H20N6O/c26-19-7-6-17(15-4-1-8-20-12-15)23-25(19)13-16-5-2-11-24(16)14-18-21-9-3-10-22-18/h1,3-4,6-10,12,16H,2,5,11,13-14H2. The van der Waals surface area contributed by atoms with Crippen LogP contribution in [0, 0.1) is 0 Å². The summed E-state index contributed by atoms with van der Waals surface area (Å²) in [6, 6.07) is 9.21. The van der Waals surface area contributed by atoms with Gasteiger partial charge in [0, 0.05) is 42.5 Å². The molecule has 1 atom stereocenters. The van der Waals surface area contributed by atoms with Crippen molar-refractivity contribution in [3.8, 4) is 11.3 Å². The Morgan fingerprint density at radius 1 is 1.08 bits per heavy atom. The minimum atomic E-state index is -0.0829. The van der Waals surface area contributed by atoms with Crippen molar-refractivity contribution in [2.45, 2.75) is 32.0 Å². The second-order valence-corrected chi connectivity index (χ2v) is 6.41. The van der Waals surface area contributed by atoms with Gasteiger partial charge in [-0.3, -0.25) is 14.7 Å². The van der Waals surface area contributed by atoms with Crippen LogP contribution in [0.2, 0.25) is 0 Å². The van der Waals surface area contributed by atoms with Crippen LogP contribution in [0.25, 0.3) is 11.3 Å². The molecule has 1 aliphatic heterocycles. The van der Waals surface area contributed by atoms with Crippen molar-refractivity contribution in [2.75, 3.05) is 6.54 Å². The zero-order chi connectivity index (χ0) is 17.8. The summed E-state index contributed by atoms with van der Waals surface area (Å²) in [7, 11) is 0. The third-order valence-corrected chi connectivity index (χ3v) is 4.67. The van der Waals surface area contributed by atoms with E-state index in [0.29, 0.717) is 13.1 Å². The van der Waals surface area contributed by atoms with E-state index < -0.39 is 0 Å². The van der Waals surface area contributed by atoms with Gasteiger partial charge in [-0.05, 0) is 43.7 Å². The van der Waals surface area contributed by atoms with E-state index in [1.165, 1.54) is 0 Å². The second kappa shape index (κ2) is 7.53. The Kier molecular flexibility index (Phi) is 4.79. The highest BCUT2D eigenvalue weighted by Crippen LogP contribution is 2.20. The first-order chi connectivity index (χ1) is 12.8. The lowest BCUT2D eigenvalue weighted by atomic mass is 10.2. The number of aromatic nitrogens is 5. The SMILES string of the molecule is O=c1ccc(-c2cccnc2)nn1CC1CCCN1Cc1ncccn1. The van der Waals surface area contributed by atoms with E-state index in [1.807, 2.05) is 18.2 Å². The van der Waals surface area contributed by atoms with E-state index in [1.54, 1.807) is 41.6 Å². The molecule has 0 bridgehead atoms. The number of pyridine rings is 1. The van der Waals surface area contributed by atoms with Crippen LogP contribution in [0.5, 0.6) is 0 Å². The molecule has 3 aromatic rings. The molecule has 0 saturated carbocycles. The summed E-state index contributed by atoms with van der Waals surface area (Å²) in [6.45, 7) is 2.25. The predicted molar refractivity (Wildman–Crippen MR) is 97.2 cm³/mol. The number of hydrogen-bond acceptors (Lipinski definition) is 6. The van der Waals surface area contributed by atoms with Gasteiger partial charge < -0.3 is 0 Å². The van der Waals surface area contributed by atoms with Gasteiger partial charge >= 0.3 is 0 Å². The molecule has 7 heteroatoms. The lowest BCUT2D eigenvalue weighted by Crippen LogP contribution is -2.37. The van der Waals surface area contributed by atoms with Crippen LogP contribution in [-0.4, -0.2) is 42.2 Å². The average Bonchev–Trinajstić information content (AvgIpc) is 3.12. The average molecular weight is 348 g/mol.